The van der Waals surface area contributed by atoms with Gasteiger partial charge in [-0.15, -0.1) is 0 Å². The van der Waals surface area contributed by atoms with E-state index in [2.05, 4.69) is 0 Å². The second kappa shape index (κ2) is 10.1. The Kier molecular flexibility index (Phi) is 7.50. The van der Waals surface area contributed by atoms with Gasteiger partial charge in [-0.05, 0) is 0 Å². The lowest BCUT2D eigenvalue weighted by molar-refractivity contribution is -0.165. The molecule has 4 heterocycles. The lowest BCUT2D eigenvalue weighted by atomic mass is 10.0. The molecule has 4 saturated heterocycles. The van der Waals surface area contributed by atoms with Crippen LogP contribution in [0.4, 0.5) is 0 Å². The zero-order valence-corrected chi connectivity index (χ0v) is 15.9. The van der Waals surface area contributed by atoms with Crippen LogP contribution in [0.1, 0.15) is 0 Å². The molecule has 4 aliphatic rings. The van der Waals surface area contributed by atoms with Gasteiger partial charge >= 0.3 is 0 Å². The monoisotopic (exact) mass is 406 g/mol. The molecule has 2 N–H and O–H groups in total. The Hall–Kier alpha value is -0.400. The van der Waals surface area contributed by atoms with Crippen LogP contribution in [0.3, 0.4) is 0 Å². The summed E-state index contributed by atoms with van der Waals surface area (Å²) in [5.74, 6) is 0. The van der Waals surface area contributed by atoms with Gasteiger partial charge in [-0.3, -0.25) is 0 Å². The van der Waals surface area contributed by atoms with Gasteiger partial charge in [0, 0.05) is 0 Å². The topological polar surface area (TPSA) is 128 Å². The number of hydrogen-bond donors (Lipinski definition) is 2. The van der Waals surface area contributed by atoms with Gasteiger partial charge < -0.3 is 48.1 Å². The van der Waals surface area contributed by atoms with Crippen molar-refractivity contribution in [3.05, 3.63) is 0 Å². The van der Waals surface area contributed by atoms with E-state index in [1.165, 1.54) is 0 Å². The molecule has 0 saturated carbocycles. The number of rotatable bonds is 17. The molecule has 0 aromatic carbocycles. The van der Waals surface area contributed by atoms with Crippen molar-refractivity contribution in [2.45, 2.75) is 48.8 Å². The summed E-state index contributed by atoms with van der Waals surface area (Å²) >= 11 is 0. The first kappa shape index (κ1) is 20.9. The summed E-state index contributed by atoms with van der Waals surface area (Å²) in [6, 6.07) is 0. The van der Waals surface area contributed by atoms with Crippen LogP contribution in [0, 0.1) is 0 Å². The Bertz CT molecular complexity index is 421. The van der Waals surface area contributed by atoms with Crippen LogP contribution in [-0.2, 0) is 37.9 Å². The molecular formula is C18H30O10. The van der Waals surface area contributed by atoms with Gasteiger partial charge in [0.05, 0.1) is 66.1 Å². The zero-order chi connectivity index (χ0) is 19.3. The Balaban J connectivity index is 1.27. The van der Waals surface area contributed by atoms with Crippen LogP contribution in [-0.4, -0.2) is 125 Å². The Morgan fingerprint density at radius 3 is 1.25 bits per heavy atom. The molecule has 4 unspecified atom stereocenters. The van der Waals surface area contributed by atoms with E-state index >= 15 is 0 Å². The summed E-state index contributed by atoms with van der Waals surface area (Å²) in [4.78, 5) is 0. The fourth-order valence-electron chi connectivity index (χ4n) is 2.68. The molecule has 4 rings (SSSR count). The maximum atomic E-state index is 10.7. The number of epoxide rings is 4. The van der Waals surface area contributed by atoms with Crippen LogP contribution in [0.5, 0.6) is 0 Å². The van der Waals surface area contributed by atoms with E-state index in [-0.39, 0.29) is 37.6 Å². The molecule has 10 nitrogen and oxygen atoms in total. The van der Waals surface area contributed by atoms with E-state index in [9.17, 15) is 10.2 Å². The quantitative estimate of drug-likeness (QED) is 0.265. The van der Waals surface area contributed by atoms with Crippen LogP contribution in [0.15, 0.2) is 0 Å². The first-order valence-electron chi connectivity index (χ1n) is 9.90. The van der Waals surface area contributed by atoms with Gasteiger partial charge in [0.25, 0.3) is 0 Å². The number of aliphatic hydroxyl groups excluding tert-OH is 2. The van der Waals surface area contributed by atoms with Gasteiger partial charge in [0.1, 0.15) is 48.8 Å². The molecule has 162 valence electrons. The third-order valence-electron chi connectivity index (χ3n) is 4.89. The van der Waals surface area contributed by atoms with Crippen LogP contribution < -0.4 is 0 Å². The first-order valence-corrected chi connectivity index (χ1v) is 9.90. The van der Waals surface area contributed by atoms with E-state index in [1.54, 1.807) is 0 Å². The van der Waals surface area contributed by atoms with Crippen molar-refractivity contribution in [2.24, 2.45) is 0 Å². The van der Waals surface area contributed by atoms with Gasteiger partial charge in [-0.2, -0.15) is 0 Å². The zero-order valence-electron chi connectivity index (χ0n) is 15.9. The molecule has 0 aromatic rings. The second-order valence-corrected chi connectivity index (χ2v) is 7.62. The molecule has 0 amide bonds. The fraction of sp³-hybridized carbons (Fsp3) is 1.00. The smallest absolute Gasteiger partial charge is 0.111 e. The third-order valence-corrected chi connectivity index (χ3v) is 4.89. The van der Waals surface area contributed by atoms with Gasteiger partial charge in [-0.1, -0.05) is 0 Å². The summed E-state index contributed by atoms with van der Waals surface area (Å²) in [6.07, 6.45) is -3.53. The summed E-state index contributed by atoms with van der Waals surface area (Å²) in [5.41, 5.74) is 0. The maximum absolute atomic E-state index is 10.7. The lowest BCUT2D eigenvalue weighted by Crippen LogP contribution is -2.50. The summed E-state index contributed by atoms with van der Waals surface area (Å²) in [6.45, 7) is 4.50. The average Bonchev–Trinajstić information content (AvgIpc) is 3.55. The molecule has 0 aliphatic carbocycles. The maximum Gasteiger partial charge on any atom is 0.111 e. The van der Waals surface area contributed by atoms with Gasteiger partial charge in [0.15, 0.2) is 0 Å². The van der Waals surface area contributed by atoms with Crippen molar-refractivity contribution in [2.75, 3.05) is 66.1 Å². The van der Waals surface area contributed by atoms with Crippen LogP contribution >= 0.6 is 0 Å². The highest BCUT2D eigenvalue weighted by Crippen LogP contribution is 2.19. The minimum Gasteiger partial charge on any atom is -0.388 e. The molecular weight excluding hydrogens is 376 g/mol. The molecule has 8 atom stereocenters. The van der Waals surface area contributed by atoms with E-state index < -0.39 is 24.4 Å². The highest BCUT2D eigenvalue weighted by Gasteiger charge is 2.37. The van der Waals surface area contributed by atoms with E-state index in [4.69, 9.17) is 37.9 Å². The van der Waals surface area contributed by atoms with Crippen molar-refractivity contribution in [1.82, 2.24) is 0 Å². The fourth-order valence-corrected chi connectivity index (χ4v) is 2.68. The van der Waals surface area contributed by atoms with Crippen LogP contribution in [0.2, 0.25) is 0 Å². The molecule has 10 heteroatoms. The van der Waals surface area contributed by atoms with Crippen molar-refractivity contribution < 1.29 is 48.1 Å². The third kappa shape index (κ3) is 7.45. The molecule has 4 aliphatic heterocycles. The highest BCUT2D eigenvalue weighted by atomic mass is 16.6. The Morgan fingerprint density at radius 1 is 0.607 bits per heavy atom. The molecule has 0 bridgehead atoms. The number of aliphatic hydroxyl groups is 2. The highest BCUT2D eigenvalue weighted by molar-refractivity contribution is 4.85. The minimum atomic E-state index is -1.20. The summed E-state index contributed by atoms with van der Waals surface area (Å²) in [7, 11) is 0. The molecule has 0 radical (unpaired) electrons. The lowest BCUT2D eigenvalue weighted by Gasteiger charge is -2.31. The second-order valence-electron chi connectivity index (χ2n) is 7.62. The van der Waals surface area contributed by atoms with E-state index in [0.29, 0.717) is 52.9 Å². The van der Waals surface area contributed by atoms with Gasteiger partial charge in [0.2, 0.25) is 0 Å². The molecule has 28 heavy (non-hydrogen) atoms. The van der Waals surface area contributed by atoms with Crippen LogP contribution in [0.25, 0.3) is 0 Å². The molecule has 0 aromatic heterocycles. The predicted octanol–water partition coefficient (Wildman–Crippen LogP) is -1.89. The largest absolute Gasteiger partial charge is 0.388 e. The number of ether oxygens (including phenoxy) is 8. The van der Waals surface area contributed by atoms with Crippen molar-refractivity contribution in [3.63, 3.8) is 0 Å². The Morgan fingerprint density at radius 2 is 0.929 bits per heavy atom. The van der Waals surface area contributed by atoms with Crippen molar-refractivity contribution in [3.8, 4) is 0 Å². The normalized spacial score (nSPS) is 34.5. The standard InChI is InChI=1S/C18H30O10/c19-17(15(27-7-13-5-25-13)9-21-1-11-3-23-11)18(20)16(28-8-14-6-26-14)10-22-2-12-4-24-12/h11-20H,1-10H2/t11?,12?,13?,14?,15-,16+,17-,18-/m1/s1. The summed E-state index contributed by atoms with van der Waals surface area (Å²) < 4.78 is 43.2. The van der Waals surface area contributed by atoms with E-state index in [1.807, 2.05) is 0 Å². The van der Waals surface area contributed by atoms with Crippen molar-refractivity contribution >= 4 is 0 Å². The Labute approximate surface area is 163 Å². The molecule has 4 fully saturated rings. The van der Waals surface area contributed by atoms with Gasteiger partial charge in [-0.25, -0.2) is 0 Å². The SMILES string of the molecule is O[C@@H]([C@H](O)[C@@H](COCC1CO1)OCC1CO1)[C@H](COCC1CO1)OCC1CO1. The summed E-state index contributed by atoms with van der Waals surface area (Å²) in [5, 5.41) is 21.5. The minimum absolute atomic E-state index is 0.0412. The average molecular weight is 406 g/mol. The molecule has 0 spiro atoms. The van der Waals surface area contributed by atoms with Crippen molar-refractivity contribution in [1.29, 1.82) is 0 Å². The first-order chi connectivity index (χ1) is 13.7. The predicted molar refractivity (Wildman–Crippen MR) is 92.1 cm³/mol. The van der Waals surface area contributed by atoms with E-state index in [0.717, 1.165) is 0 Å². The number of hydrogen-bond acceptors (Lipinski definition) is 10.